The van der Waals surface area contributed by atoms with Gasteiger partial charge in [-0.3, -0.25) is 0 Å². The smallest absolute Gasteiger partial charge is 0.137 e. The Hall–Kier alpha value is -1.13. The zero-order valence-corrected chi connectivity index (χ0v) is 12.2. The van der Waals surface area contributed by atoms with Crippen LogP contribution in [0.3, 0.4) is 0 Å². The summed E-state index contributed by atoms with van der Waals surface area (Å²) in [5, 5.41) is 18.6. The van der Waals surface area contributed by atoms with Crippen LogP contribution in [0.25, 0.3) is 0 Å². The van der Waals surface area contributed by atoms with Crippen LogP contribution in [0.5, 0.6) is 5.75 Å². The number of hydrogen-bond donors (Lipinski definition) is 1. The van der Waals surface area contributed by atoms with Crippen molar-refractivity contribution in [3.8, 4) is 11.8 Å². The highest BCUT2D eigenvalue weighted by atomic mass is 79.9. The Kier molecular flexibility index (Phi) is 7.45. The molecule has 1 N–H and O–H groups in total. The number of halogens is 1. The van der Waals surface area contributed by atoms with E-state index < -0.39 is 6.10 Å². The molecule has 104 valence electrons. The average Bonchev–Trinajstić information content (AvgIpc) is 2.42. The van der Waals surface area contributed by atoms with E-state index in [1.165, 1.54) is 0 Å². The topological polar surface area (TPSA) is 71.7 Å². The molecule has 0 heterocycles. The van der Waals surface area contributed by atoms with Crippen molar-refractivity contribution in [3.63, 3.8) is 0 Å². The van der Waals surface area contributed by atoms with Gasteiger partial charge in [0.05, 0.1) is 25.4 Å². The fourth-order valence-corrected chi connectivity index (χ4v) is 1.67. The molecule has 0 aliphatic heterocycles. The van der Waals surface area contributed by atoms with E-state index >= 15 is 0 Å². The molecular weight excluding hydrogens is 314 g/mol. The van der Waals surface area contributed by atoms with Gasteiger partial charge < -0.3 is 19.3 Å². The third-order valence-electron chi connectivity index (χ3n) is 2.24. The lowest BCUT2D eigenvalue weighted by molar-refractivity contribution is -0.00423. The fourth-order valence-electron chi connectivity index (χ4n) is 1.31. The molecule has 0 amide bonds. The highest BCUT2D eigenvalue weighted by molar-refractivity contribution is 9.10. The van der Waals surface area contributed by atoms with Gasteiger partial charge in [0.2, 0.25) is 0 Å². The molecule has 1 aromatic rings. The van der Waals surface area contributed by atoms with E-state index in [2.05, 4.69) is 15.9 Å². The number of nitrogens with zero attached hydrogens (tertiary/aromatic N) is 1. The maximum Gasteiger partial charge on any atom is 0.137 e. The van der Waals surface area contributed by atoms with Crippen molar-refractivity contribution < 1.29 is 19.3 Å². The number of aliphatic hydroxyl groups is 1. The van der Waals surface area contributed by atoms with Gasteiger partial charge in [-0.2, -0.15) is 5.26 Å². The lowest BCUT2D eigenvalue weighted by atomic mass is 10.2. The van der Waals surface area contributed by atoms with Crippen molar-refractivity contribution in [3.05, 3.63) is 28.2 Å². The average molecular weight is 330 g/mol. The Morgan fingerprint density at radius 3 is 2.84 bits per heavy atom. The van der Waals surface area contributed by atoms with Gasteiger partial charge in [0.15, 0.2) is 0 Å². The molecule has 6 heteroatoms. The Bertz CT molecular complexity index is 433. The molecule has 1 aromatic carbocycles. The third kappa shape index (κ3) is 6.03. The lowest BCUT2D eigenvalue weighted by Gasteiger charge is -2.13. The van der Waals surface area contributed by atoms with Gasteiger partial charge in [0, 0.05) is 11.6 Å². The molecule has 1 unspecified atom stereocenters. The van der Waals surface area contributed by atoms with Gasteiger partial charge in [0.1, 0.15) is 24.5 Å². The van der Waals surface area contributed by atoms with Crippen molar-refractivity contribution >= 4 is 15.9 Å². The summed E-state index contributed by atoms with van der Waals surface area (Å²) in [7, 11) is 1.58. The molecule has 0 saturated heterocycles. The number of benzene rings is 1. The van der Waals surface area contributed by atoms with E-state index in [0.717, 1.165) is 4.47 Å². The number of rotatable bonds is 8. The minimum Gasteiger partial charge on any atom is -0.489 e. The lowest BCUT2D eigenvalue weighted by Crippen LogP contribution is -2.24. The first-order valence-electron chi connectivity index (χ1n) is 5.74. The highest BCUT2D eigenvalue weighted by Crippen LogP contribution is 2.22. The second-order valence-corrected chi connectivity index (χ2v) is 4.70. The Morgan fingerprint density at radius 1 is 1.37 bits per heavy atom. The van der Waals surface area contributed by atoms with Gasteiger partial charge in [-0.05, 0) is 18.2 Å². The van der Waals surface area contributed by atoms with Gasteiger partial charge in [-0.1, -0.05) is 15.9 Å². The van der Waals surface area contributed by atoms with Gasteiger partial charge in [0.25, 0.3) is 0 Å². The van der Waals surface area contributed by atoms with E-state index in [1.807, 2.05) is 6.07 Å². The number of hydrogen-bond acceptors (Lipinski definition) is 5. The van der Waals surface area contributed by atoms with E-state index in [1.54, 1.807) is 25.3 Å². The molecule has 0 fully saturated rings. The summed E-state index contributed by atoms with van der Waals surface area (Å²) >= 11 is 3.28. The minimum absolute atomic E-state index is 0.0727. The second-order valence-electron chi connectivity index (χ2n) is 3.78. The van der Waals surface area contributed by atoms with Crippen molar-refractivity contribution in [1.82, 2.24) is 0 Å². The largest absolute Gasteiger partial charge is 0.489 e. The van der Waals surface area contributed by atoms with Gasteiger partial charge >= 0.3 is 0 Å². The molecule has 19 heavy (non-hydrogen) atoms. The molecule has 0 aromatic heterocycles. The van der Waals surface area contributed by atoms with Crippen LogP contribution in [0.2, 0.25) is 0 Å². The third-order valence-corrected chi connectivity index (χ3v) is 2.73. The highest BCUT2D eigenvalue weighted by Gasteiger charge is 2.08. The van der Waals surface area contributed by atoms with Crippen LogP contribution in [0.4, 0.5) is 0 Å². The summed E-state index contributed by atoms with van der Waals surface area (Å²) < 4.78 is 16.2. The predicted octanol–water partition coefficient (Wildman–Crippen LogP) is 1.72. The van der Waals surface area contributed by atoms with E-state index in [-0.39, 0.29) is 13.2 Å². The maximum atomic E-state index is 9.65. The summed E-state index contributed by atoms with van der Waals surface area (Å²) in [4.78, 5) is 0. The van der Waals surface area contributed by atoms with Crippen LogP contribution in [-0.2, 0) is 9.47 Å². The fraction of sp³-hybridized carbons (Fsp3) is 0.462. The van der Waals surface area contributed by atoms with Gasteiger partial charge in [-0.15, -0.1) is 0 Å². The van der Waals surface area contributed by atoms with E-state index in [0.29, 0.717) is 24.5 Å². The van der Waals surface area contributed by atoms with Crippen molar-refractivity contribution in [2.45, 2.75) is 6.10 Å². The normalized spacial score (nSPS) is 11.9. The number of methoxy groups -OCH3 is 1. The Balaban J connectivity index is 2.38. The Labute approximate surface area is 120 Å². The summed E-state index contributed by atoms with van der Waals surface area (Å²) in [5.74, 6) is 0.446. The van der Waals surface area contributed by atoms with Crippen molar-refractivity contribution in [2.24, 2.45) is 0 Å². The van der Waals surface area contributed by atoms with Crippen LogP contribution < -0.4 is 4.74 Å². The van der Waals surface area contributed by atoms with E-state index in [4.69, 9.17) is 19.5 Å². The first-order chi connectivity index (χ1) is 9.17. The van der Waals surface area contributed by atoms with Crippen molar-refractivity contribution in [1.29, 1.82) is 5.26 Å². The van der Waals surface area contributed by atoms with Crippen LogP contribution in [0, 0.1) is 11.3 Å². The van der Waals surface area contributed by atoms with Crippen LogP contribution in [0.15, 0.2) is 22.7 Å². The first kappa shape index (κ1) is 15.9. The van der Waals surface area contributed by atoms with Crippen LogP contribution in [0.1, 0.15) is 5.56 Å². The molecule has 0 spiro atoms. The summed E-state index contributed by atoms with van der Waals surface area (Å²) in [5.41, 5.74) is 0.418. The SMILES string of the molecule is COCCOCC(O)COc1ccc(Br)cc1C#N. The summed E-state index contributed by atoms with van der Waals surface area (Å²) in [6.45, 7) is 1.15. The standard InChI is InChI=1S/C13H16BrNO4/c1-17-4-5-18-8-12(16)9-19-13-3-2-11(14)6-10(13)7-15/h2-3,6,12,16H,4-5,8-9H2,1H3. The zero-order chi connectivity index (χ0) is 14.1. The first-order valence-corrected chi connectivity index (χ1v) is 6.54. The maximum absolute atomic E-state index is 9.65. The number of nitriles is 1. The number of ether oxygens (including phenoxy) is 3. The van der Waals surface area contributed by atoms with Crippen LogP contribution >= 0.6 is 15.9 Å². The molecule has 0 bridgehead atoms. The molecular formula is C13H16BrNO4. The zero-order valence-electron chi connectivity index (χ0n) is 10.6. The molecule has 5 nitrogen and oxygen atoms in total. The summed E-state index contributed by atoms with van der Waals surface area (Å²) in [6.07, 6.45) is -0.743. The molecule has 0 saturated carbocycles. The minimum atomic E-state index is -0.743. The quantitative estimate of drug-likeness (QED) is 0.735. The number of aliphatic hydroxyl groups excluding tert-OH is 1. The monoisotopic (exact) mass is 329 g/mol. The second kappa shape index (κ2) is 8.88. The van der Waals surface area contributed by atoms with Crippen molar-refractivity contribution in [2.75, 3.05) is 33.5 Å². The molecule has 1 rings (SSSR count). The van der Waals surface area contributed by atoms with Crippen LogP contribution in [-0.4, -0.2) is 44.7 Å². The molecule has 0 radical (unpaired) electrons. The summed E-state index contributed by atoms with van der Waals surface area (Å²) in [6, 6.07) is 7.16. The molecule has 0 aliphatic carbocycles. The predicted molar refractivity (Wildman–Crippen MR) is 73.1 cm³/mol. The molecule has 0 aliphatic rings. The van der Waals surface area contributed by atoms with Gasteiger partial charge in [-0.25, -0.2) is 0 Å². The molecule has 1 atom stereocenters. The van der Waals surface area contributed by atoms with E-state index in [9.17, 15) is 5.11 Å². The Morgan fingerprint density at radius 2 is 2.16 bits per heavy atom.